The lowest BCUT2D eigenvalue weighted by molar-refractivity contribution is -0.172. The van der Waals surface area contributed by atoms with Crippen molar-refractivity contribution in [2.45, 2.75) is 27.2 Å². The predicted octanol–water partition coefficient (Wildman–Crippen LogP) is 3.28. The fourth-order valence-electron chi connectivity index (χ4n) is 2.15. The predicted molar refractivity (Wildman–Crippen MR) is 79.4 cm³/mol. The molecule has 0 aliphatic heterocycles. The number of hydrogen-bond donors (Lipinski definition) is 1. The zero-order chi connectivity index (χ0) is 15.3. The number of aliphatic carboxylic acids is 1. The van der Waals surface area contributed by atoms with Gasteiger partial charge in [0.15, 0.2) is 5.41 Å². The van der Waals surface area contributed by atoms with Crippen LogP contribution in [0.1, 0.15) is 26.3 Å². The maximum Gasteiger partial charge on any atom is 0.324 e. The molecule has 0 saturated heterocycles. The second-order valence-corrected chi connectivity index (χ2v) is 5.87. The van der Waals surface area contributed by atoms with Crippen molar-refractivity contribution in [1.29, 1.82) is 0 Å². The van der Waals surface area contributed by atoms with Crippen LogP contribution in [0.3, 0.4) is 0 Å². The maximum atomic E-state index is 12.2. The summed E-state index contributed by atoms with van der Waals surface area (Å²) in [4.78, 5) is 24.0. The minimum Gasteiger partial charge on any atom is -0.480 e. The molecule has 0 heterocycles. The molecule has 0 aromatic heterocycles. The van der Waals surface area contributed by atoms with Gasteiger partial charge in [-0.3, -0.25) is 9.59 Å². The minimum atomic E-state index is -1.56. The summed E-state index contributed by atoms with van der Waals surface area (Å²) >= 11 is 3.35. The highest BCUT2D eigenvalue weighted by Crippen LogP contribution is 2.34. The van der Waals surface area contributed by atoms with E-state index in [4.69, 9.17) is 4.74 Å². The molecule has 0 aliphatic carbocycles. The number of benzene rings is 1. The van der Waals surface area contributed by atoms with Gasteiger partial charge in [-0.15, -0.1) is 0 Å². The van der Waals surface area contributed by atoms with Gasteiger partial charge in [0.1, 0.15) is 0 Å². The number of carboxylic acid groups (broad SMARTS) is 1. The van der Waals surface area contributed by atoms with E-state index >= 15 is 0 Å². The SMILES string of the molecule is CCOC(=O)C(Cc1cccc(Br)c1)(C(=O)O)C(C)C. The molecule has 5 heteroatoms. The Morgan fingerprint density at radius 2 is 2.05 bits per heavy atom. The van der Waals surface area contributed by atoms with E-state index in [1.165, 1.54) is 0 Å². The summed E-state index contributed by atoms with van der Waals surface area (Å²) in [5, 5.41) is 9.61. The molecule has 1 rings (SSSR count). The molecule has 4 nitrogen and oxygen atoms in total. The van der Waals surface area contributed by atoms with Gasteiger partial charge < -0.3 is 9.84 Å². The standard InChI is InChI=1S/C15H19BrO4/c1-4-20-14(19)15(10(2)3,13(17)18)9-11-6-5-7-12(16)8-11/h5-8,10H,4,9H2,1-3H3,(H,17,18). The van der Waals surface area contributed by atoms with Crippen LogP contribution in [0, 0.1) is 11.3 Å². The number of ether oxygens (including phenoxy) is 1. The van der Waals surface area contributed by atoms with Crippen LogP contribution in [0.2, 0.25) is 0 Å². The van der Waals surface area contributed by atoms with E-state index in [0.29, 0.717) is 0 Å². The average Bonchev–Trinajstić information content (AvgIpc) is 2.35. The van der Waals surface area contributed by atoms with Crippen molar-refractivity contribution < 1.29 is 19.4 Å². The van der Waals surface area contributed by atoms with Gasteiger partial charge in [-0.25, -0.2) is 0 Å². The lowest BCUT2D eigenvalue weighted by Crippen LogP contribution is -2.46. The minimum absolute atomic E-state index is 0.109. The van der Waals surface area contributed by atoms with Crippen LogP contribution in [-0.2, 0) is 20.7 Å². The van der Waals surface area contributed by atoms with E-state index in [1.54, 1.807) is 20.8 Å². The molecule has 20 heavy (non-hydrogen) atoms. The summed E-state index contributed by atoms with van der Waals surface area (Å²) in [5.41, 5.74) is -0.778. The maximum absolute atomic E-state index is 12.2. The first-order valence-electron chi connectivity index (χ1n) is 6.49. The van der Waals surface area contributed by atoms with Crippen molar-refractivity contribution in [3.05, 3.63) is 34.3 Å². The number of halogens is 1. The molecule has 0 bridgehead atoms. The molecule has 1 aromatic rings. The van der Waals surface area contributed by atoms with Crippen LogP contribution in [0.4, 0.5) is 0 Å². The molecular formula is C15H19BrO4. The first-order chi connectivity index (χ1) is 9.34. The van der Waals surface area contributed by atoms with E-state index in [-0.39, 0.29) is 18.9 Å². The van der Waals surface area contributed by atoms with Crippen LogP contribution in [-0.4, -0.2) is 23.7 Å². The molecule has 0 radical (unpaired) electrons. The van der Waals surface area contributed by atoms with E-state index in [1.807, 2.05) is 24.3 Å². The van der Waals surface area contributed by atoms with Crippen molar-refractivity contribution in [2.75, 3.05) is 6.61 Å². The molecule has 0 fully saturated rings. The van der Waals surface area contributed by atoms with Gasteiger partial charge in [0, 0.05) is 4.47 Å². The third-order valence-corrected chi connectivity index (χ3v) is 3.87. The monoisotopic (exact) mass is 342 g/mol. The Bertz CT molecular complexity index is 498. The van der Waals surface area contributed by atoms with Crippen molar-refractivity contribution in [1.82, 2.24) is 0 Å². The molecule has 0 aliphatic rings. The van der Waals surface area contributed by atoms with Crippen LogP contribution < -0.4 is 0 Å². The second kappa shape index (κ2) is 6.88. The number of esters is 1. The molecular weight excluding hydrogens is 324 g/mol. The van der Waals surface area contributed by atoms with Gasteiger partial charge in [-0.2, -0.15) is 0 Å². The highest BCUT2D eigenvalue weighted by Gasteiger charge is 2.50. The van der Waals surface area contributed by atoms with E-state index in [9.17, 15) is 14.7 Å². The number of carbonyl (C=O) groups is 2. The summed E-state index contributed by atoms with van der Waals surface area (Å²) in [7, 11) is 0. The third kappa shape index (κ3) is 3.39. The quantitative estimate of drug-likeness (QED) is 0.636. The average molecular weight is 343 g/mol. The van der Waals surface area contributed by atoms with Gasteiger partial charge in [0.05, 0.1) is 6.61 Å². The summed E-state index contributed by atoms with van der Waals surface area (Å²) in [6.45, 7) is 5.29. The Kier molecular flexibility index (Phi) is 5.74. The van der Waals surface area contributed by atoms with Gasteiger partial charge in [0.25, 0.3) is 0 Å². The van der Waals surface area contributed by atoms with Gasteiger partial charge in [-0.1, -0.05) is 41.9 Å². The van der Waals surface area contributed by atoms with Gasteiger partial charge in [-0.05, 0) is 37.0 Å². The van der Waals surface area contributed by atoms with Crippen LogP contribution >= 0.6 is 15.9 Å². The molecule has 1 aromatic carbocycles. The molecule has 0 saturated carbocycles. The van der Waals surface area contributed by atoms with Crippen molar-refractivity contribution in [2.24, 2.45) is 11.3 Å². The van der Waals surface area contributed by atoms with Gasteiger partial charge >= 0.3 is 11.9 Å². The molecule has 110 valence electrons. The Hall–Kier alpha value is -1.36. The zero-order valence-corrected chi connectivity index (χ0v) is 13.4. The van der Waals surface area contributed by atoms with Crippen molar-refractivity contribution >= 4 is 27.9 Å². The third-order valence-electron chi connectivity index (χ3n) is 3.38. The first-order valence-corrected chi connectivity index (χ1v) is 7.29. The second-order valence-electron chi connectivity index (χ2n) is 4.96. The van der Waals surface area contributed by atoms with E-state index in [2.05, 4.69) is 15.9 Å². The lowest BCUT2D eigenvalue weighted by Gasteiger charge is -2.31. The Balaban J connectivity index is 3.23. The molecule has 1 atom stereocenters. The van der Waals surface area contributed by atoms with Crippen LogP contribution in [0.15, 0.2) is 28.7 Å². The normalized spacial score (nSPS) is 13.8. The highest BCUT2D eigenvalue weighted by atomic mass is 79.9. The van der Waals surface area contributed by atoms with Crippen LogP contribution in [0.5, 0.6) is 0 Å². The summed E-state index contributed by atoms with van der Waals surface area (Å²) in [6, 6.07) is 7.30. The fraction of sp³-hybridized carbons (Fsp3) is 0.467. The Morgan fingerprint density at radius 1 is 1.40 bits per heavy atom. The fourth-order valence-corrected chi connectivity index (χ4v) is 2.60. The Labute approximate surface area is 127 Å². The topological polar surface area (TPSA) is 63.6 Å². The Morgan fingerprint density at radius 3 is 2.50 bits per heavy atom. The van der Waals surface area contributed by atoms with Crippen LogP contribution in [0.25, 0.3) is 0 Å². The molecule has 1 unspecified atom stereocenters. The number of carbonyl (C=O) groups excluding carboxylic acids is 1. The van der Waals surface area contributed by atoms with Gasteiger partial charge in [0.2, 0.25) is 0 Å². The molecule has 0 amide bonds. The highest BCUT2D eigenvalue weighted by molar-refractivity contribution is 9.10. The lowest BCUT2D eigenvalue weighted by atomic mass is 9.72. The van der Waals surface area contributed by atoms with E-state index < -0.39 is 17.4 Å². The van der Waals surface area contributed by atoms with Crippen molar-refractivity contribution in [3.8, 4) is 0 Å². The summed E-state index contributed by atoms with van der Waals surface area (Å²) in [5.74, 6) is -2.20. The molecule has 0 spiro atoms. The largest absolute Gasteiger partial charge is 0.480 e. The smallest absolute Gasteiger partial charge is 0.324 e. The zero-order valence-electron chi connectivity index (χ0n) is 11.9. The van der Waals surface area contributed by atoms with E-state index in [0.717, 1.165) is 10.0 Å². The first kappa shape index (κ1) is 16.7. The number of hydrogen-bond acceptors (Lipinski definition) is 3. The summed E-state index contributed by atoms with van der Waals surface area (Å²) in [6.07, 6.45) is 0.109. The summed E-state index contributed by atoms with van der Waals surface area (Å²) < 4.78 is 5.85. The van der Waals surface area contributed by atoms with Crippen molar-refractivity contribution in [3.63, 3.8) is 0 Å². The number of carboxylic acids is 1. The number of rotatable bonds is 6. The molecule has 1 N–H and O–H groups in total.